The lowest BCUT2D eigenvalue weighted by molar-refractivity contribution is 0.0601. The Kier molecular flexibility index (Phi) is 3.82. The lowest BCUT2D eigenvalue weighted by atomic mass is 10.1. The van der Waals surface area contributed by atoms with Crippen molar-refractivity contribution in [3.63, 3.8) is 0 Å². The van der Waals surface area contributed by atoms with Crippen LogP contribution < -0.4 is 0 Å². The molecule has 0 saturated carbocycles. The monoisotopic (exact) mass is 308 g/mol. The lowest BCUT2D eigenvalue weighted by Crippen LogP contribution is -2.00. The van der Waals surface area contributed by atoms with Crippen molar-refractivity contribution in [3.05, 3.63) is 65.4 Å². The molecule has 2 heterocycles. The molecule has 0 aliphatic rings. The van der Waals surface area contributed by atoms with Crippen molar-refractivity contribution >= 4 is 11.5 Å². The number of hydrogen-bond donors (Lipinski definition) is 0. The number of carbonyl (C=O) groups excluding carboxylic acids is 1. The molecule has 0 spiro atoms. The van der Waals surface area contributed by atoms with Crippen LogP contribution in [-0.2, 0) is 11.4 Å². The normalized spacial score (nSPS) is 10.5. The summed E-state index contributed by atoms with van der Waals surface area (Å²) in [6, 6.07) is 14.2. The van der Waals surface area contributed by atoms with Gasteiger partial charge >= 0.3 is 5.97 Å². The summed E-state index contributed by atoms with van der Waals surface area (Å²) in [4.78, 5) is 11.5. The molecule has 0 atom stereocenters. The Morgan fingerprint density at radius 3 is 2.61 bits per heavy atom. The number of nitriles is 1. The Hall–Kier alpha value is -3.13. The number of carbonyl (C=O) groups is 1. The fraction of sp³-hybridized carbons (Fsp3) is 0.111. The summed E-state index contributed by atoms with van der Waals surface area (Å²) in [5, 5.41) is 9.29. The fourth-order valence-electron chi connectivity index (χ4n) is 2.53. The molecule has 114 valence electrons. The third kappa shape index (κ3) is 2.55. The van der Waals surface area contributed by atoms with Crippen LogP contribution in [0.25, 0.3) is 16.8 Å². The van der Waals surface area contributed by atoms with Gasteiger partial charge in [0.1, 0.15) is 12.7 Å². The number of ether oxygens (including phenoxy) is 1. The summed E-state index contributed by atoms with van der Waals surface area (Å²) in [5.74, 6) is -0.401. The predicted molar refractivity (Wildman–Crippen MR) is 83.7 cm³/mol. The van der Waals surface area contributed by atoms with E-state index in [-0.39, 0.29) is 0 Å². The van der Waals surface area contributed by atoms with Crippen LogP contribution in [0.1, 0.15) is 21.5 Å². The number of hydrogen-bond acceptors (Lipinski definition) is 3. The van der Waals surface area contributed by atoms with E-state index in [9.17, 15) is 14.4 Å². The molecule has 0 N–H and O–H groups in total. The number of methoxy groups -OCH3 is 1. The van der Waals surface area contributed by atoms with Crippen molar-refractivity contribution in [1.82, 2.24) is 4.40 Å². The highest BCUT2D eigenvalue weighted by molar-refractivity contribution is 5.90. The van der Waals surface area contributed by atoms with Gasteiger partial charge < -0.3 is 9.14 Å². The van der Waals surface area contributed by atoms with Gasteiger partial charge in [-0.25, -0.2) is 9.18 Å². The van der Waals surface area contributed by atoms with Gasteiger partial charge in [0, 0.05) is 6.20 Å². The fourth-order valence-corrected chi connectivity index (χ4v) is 2.53. The molecule has 0 saturated heterocycles. The van der Waals surface area contributed by atoms with E-state index < -0.39 is 12.6 Å². The number of fused-ring (bicyclic) bond motifs is 1. The zero-order valence-electron chi connectivity index (χ0n) is 12.4. The predicted octanol–water partition coefficient (Wildman–Crippen LogP) is 3.73. The smallest absolute Gasteiger partial charge is 0.337 e. The van der Waals surface area contributed by atoms with Crippen LogP contribution in [0.5, 0.6) is 0 Å². The number of esters is 1. The van der Waals surface area contributed by atoms with Crippen molar-refractivity contribution < 1.29 is 13.9 Å². The Morgan fingerprint density at radius 1 is 1.26 bits per heavy atom. The maximum Gasteiger partial charge on any atom is 0.337 e. The molecule has 3 rings (SSSR count). The average molecular weight is 308 g/mol. The van der Waals surface area contributed by atoms with E-state index in [2.05, 4.69) is 10.8 Å². The van der Waals surface area contributed by atoms with Crippen LogP contribution >= 0.6 is 0 Å². The van der Waals surface area contributed by atoms with E-state index >= 15 is 0 Å². The molecule has 0 unspecified atom stereocenters. The number of aromatic nitrogens is 1. The van der Waals surface area contributed by atoms with E-state index in [1.165, 1.54) is 7.11 Å². The van der Waals surface area contributed by atoms with E-state index in [1.807, 2.05) is 4.40 Å². The van der Waals surface area contributed by atoms with Crippen LogP contribution in [-0.4, -0.2) is 17.5 Å². The van der Waals surface area contributed by atoms with Crippen LogP contribution in [0.15, 0.2) is 48.7 Å². The van der Waals surface area contributed by atoms with Gasteiger partial charge in [-0.1, -0.05) is 12.1 Å². The molecule has 0 amide bonds. The van der Waals surface area contributed by atoms with Crippen molar-refractivity contribution in [1.29, 1.82) is 5.26 Å². The summed E-state index contributed by atoms with van der Waals surface area (Å²) >= 11 is 0. The molecule has 2 aromatic heterocycles. The van der Waals surface area contributed by atoms with Gasteiger partial charge in [-0.05, 0) is 41.5 Å². The SMILES string of the molecule is COC(=O)c1ccc(-c2cc(C#N)c3cc(CF)ccn23)cc1. The number of pyridine rings is 1. The zero-order chi connectivity index (χ0) is 16.4. The molecule has 0 radical (unpaired) electrons. The Balaban J connectivity index is 2.13. The largest absolute Gasteiger partial charge is 0.465 e. The van der Waals surface area contributed by atoms with Crippen molar-refractivity contribution in [2.75, 3.05) is 7.11 Å². The average Bonchev–Trinajstić information content (AvgIpc) is 2.99. The number of halogens is 1. The summed E-state index contributed by atoms with van der Waals surface area (Å²) in [5.41, 5.74) is 3.78. The maximum atomic E-state index is 12.8. The van der Waals surface area contributed by atoms with E-state index in [0.29, 0.717) is 22.2 Å². The first-order chi connectivity index (χ1) is 11.2. The maximum absolute atomic E-state index is 12.8. The molecule has 23 heavy (non-hydrogen) atoms. The molecule has 3 aromatic rings. The molecular weight excluding hydrogens is 295 g/mol. The summed E-state index contributed by atoms with van der Waals surface area (Å²) in [7, 11) is 1.33. The Bertz CT molecular complexity index is 921. The third-order valence-electron chi connectivity index (χ3n) is 3.71. The van der Waals surface area contributed by atoms with Crippen molar-refractivity contribution in [2.45, 2.75) is 6.67 Å². The van der Waals surface area contributed by atoms with E-state index in [1.54, 1.807) is 48.7 Å². The quantitative estimate of drug-likeness (QED) is 0.693. The molecule has 0 bridgehead atoms. The third-order valence-corrected chi connectivity index (χ3v) is 3.71. The zero-order valence-corrected chi connectivity index (χ0v) is 12.4. The highest BCUT2D eigenvalue weighted by Crippen LogP contribution is 2.27. The highest BCUT2D eigenvalue weighted by Gasteiger charge is 2.12. The van der Waals surface area contributed by atoms with E-state index in [4.69, 9.17) is 0 Å². The topological polar surface area (TPSA) is 54.5 Å². The first-order valence-corrected chi connectivity index (χ1v) is 6.96. The van der Waals surface area contributed by atoms with Crippen LogP contribution in [0.3, 0.4) is 0 Å². The molecule has 4 nitrogen and oxygen atoms in total. The molecule has 1 aromatic carbocycles. The summed E-state index contributed by atoms with van der Waals surface area (Å²) < 4.78 is 19.4. The minimum absolute atomic E-state index is 0.401. The first kappa shape index (κ1) is 14.8. The second-order valence-electron chi connectivity index (χ2n) is 5.05. The van der Waals surface area contributed by atoms with Crippen LogP contribution in [0.2, 0.25) is 0 Å². The number of benzene rings is 1. The molecule has 0 aliphatic carbocycles. The summed E-state index contributed by atoms with van der Waals surface area (Å²) in [6.45, 7) is -0.574. The minimum atomic E-state index is -0.574. The molecular formula is C18H13FN2O2. The van der Waals surface area contributed by atoms with Gasteiger partial charge in [0.25, 0.3) is 0 Å². The number of alkyl halides is 1. The van der Waals surface area contributed by atoms with Gasteiger partial charge in [0.2, 0.25) is 0 Å². The molecule has 5 heteroatoms. The highest BCUT2D eigenvalue weighted by atomic mass is 19.1. The standard InChI is InChI=1S/C18H13FN2O2/c1-23-18(22)14-4-2-13(3-5-14)17-9-15(11-20)16-8-12(10-19)6-7-21(16)17/h2-9H,10H2,1H3. The van der Waals surface area contributed by atoms with Gasteiger partial charge in [-0.3, -0.25) is 0 Å². The van der Waals surface area contributed by atoms with Crippen molar-refractivity contribution in [3.8, 4) is 17.3 Å². The van der Waals surface area contributed by atoms with Crippen LogP contribution in [0, 0.1) is 11.3 Å². The number of rotatable bonds is 3. The van der Waals surface area contributed by atoms with Gasteiger partial charge in [-0.15, -0.1) is 0 Å². The molecule has 0 fully saturated rings. The van der Waals surface area contributed by atoms with E-state index in [0.717, 1.165) is 11.3 Å². The minimum Gasteiger partial charge on any atom is -0.465 e. The lowest BCUT2D eigenvalue weighted by Gasteiger charge is -2.05. The second-order valence-corrected chi connectivity index (χ2v) is 5.05. The Labute approximate surface area is 132 Å². The first-order valence-electron chi connectivity index (χ1n) is 6.96. The summed E-state index contributed by atoms with van der Waals surface area (Å²) in [6.07, 6.45) is 1.74. The van der Waals surface area contributed by atoms with Crippen molar-refractivity contribution in [2.24, 2.45) is 0 Å². The van der Waals surface area contributed by atoms with Gasteiger partial charge in [-0.2, -0.15) is 5.26 Å². The van der Waals surface area contributed by atoms with Gasteiger partial charge in [0.05, 0.1) is 29.4 Å². The number of nitrogens with zero attached hydrogens (tertiary/aromatic N) is 2. The van der Waals surface area contributed by atoms with Gasteiger partial charge in [0.15, 0.2) is 0 Å². The Morgan fingerprint density at radius 2 is 2.00 bits per heavy atom. The molecule has 0 aliphatic heterocycles. The second kappa shape index (κ2) is 5.93. The van der Waals surface area contributed by atoms with Crippen LogP contribution in [0.4, 0.5) is 4.39 Å².